The summed E-state index contributed by atoms with van der Waals surface area (Å²) in [5.74, 6) is 1.31. The number of ether oxygens (including phenoxy) is 2. The van der Waals surface area contributed by atoms with E-state index in [0.717, 1.165) is 47.8 Å². The average molecular weight is 494 g/mol. The van der Waals surface area contributed by atoms with Gasteiger partial charge in [-0.15, -0.1) is 0 Å². The van der Waals surface area contributed by atoms with Gasteiger partial charge in [0.2, 0.25) is 0 Å². The molecule has 1 aromatic carbocycles. The van der Waals surface area contributed by atoms with Crippen molar-refractivity contribution in [2.45, 2.75) is 66.3 Å². The number of benzene rings is 1. The Hall–Kier alpha value is -3.13. The van der Waals surface area contributed by atoms with Crippen LogP contribution in [0.3, 0.4) is 0 Å². The second-order valence-corrected chi connectivity index (χ2v) is 9.47. The van der Waals surface area contributed by atoms with E-state index >= 15 is 0 Å². The van der Waals surface area contributed by atoms with Crippen LogP contribution < -0.4 is 14.8 Å². The van der Waals surface area contributed by atoms with E-state index in [4.69, 9.17) is 14.6 Å². The molecular formula is C28H39N5O3. The molecule has 194 valence electrons. The van der Waals surface area contributed by atoms with Gasteiger partial charge in [-0.2, -0.15) is 5.10 Å². The van der Waals surface area contributed by atoms with Gasteiger partial charge in [0, 0.05) is 30.9 Å². The first-order valence-electron chi connectivity index (χ1n) is 13.2. The van der Waals surface area contributed by atoms with E-state index in [9.17, 15) is 4.79 Å². The first-order valence-corrected chi connectivity index (χ1v) is 13.2. The molecule has 0 radical (unpaired) electrons. The van der Waals surface area contributed by atoms with Gasteiger partial charge < -0.3 is 19.7 Å². The molecule has 1 atom stereocenters. The Labute approximate surface area is 214 Å². The molecular weight excluding hydrogens is 454 g/mol. The fourth-order valence-electron chi connectivity index (χ4n) is 5.04. The normalized spacial score (nSPS) is 16.3. The second kappa shape index (κ2) is 11.7. The molecule has 3 heterocycles. The minimum Gasteiger partial charge on any atom is -0.490 e. The Bertz CT molecular complexity index is 1210. The summed E-state index contributed by atoms with van der Waals surface area (Å²) >= 11 is 0. The number of aromatic nitrogens is 3. The van der Waals surface area contributed by atoms with E-state index in [-0.39, 0.29) is 5.91 Å². The Morgan fingerprint density at radius 1 is 1.14 bits per heavy atom. The van der Waals surface area contributed by atoms with Gasteiger partial charge in [0.05, 0.1) is 30.2 Å². The van der Waals surface area contributed by atoms with Crippen molar-refractivity contribution in [2.75, 3.05) is 32.8 Å². The van der Waals surface area contributed by atoms with Crippen molar-refractivity contribution < 1.29 is 14.3 Å². The molecule has 0 aliphatic carbocycles. The standard InChI is InChI=1S/C28H39N5O3/c1-6-35-24-13-12-22(17-25(24)36-7-2)26-20(4)31-33-21(5)23(18-30-27(26)33)28(34)29-14-10-16-32-15-9-8-11-19(32)3/h12-13,17-19H,6-11,14-16H2,1-5H3,(H,29,34)/t19-/m1/s1. The Morgan fingerprint density at radius 3 is 2.67 bits per heavy atom. The van der Waals surface area contributed by atoms with Crippen molar-refractivity contribution in [3.8, 4) is 22.6 Å². The maximum Gasteiger partial charge on any atom is 0.254 e. The lowest BCUT2D eigenvalue weighted by molar-refractivity contribution is 0.0947. The zero-order valence-corrected chi connectivity index (χ0v) is 22.3. The third-order valence-corrected chi connectivity index (χ3v) is 6.98. The van der Waals surface area contributed by atoms with Gasteiger partial charge in [0.25, 0.3) is 5.91 Å². The summed E-state index contributed by atoms with van der Waals surface area (Å²) in [6.45, 7) is 14.0. The monoisotopic (exact) mass is 493 g/mol. The van der Waals surface area contributed by atoms with Gasteiger partial charge in [-0.1, -0.05) is 12.5 Å². The number of amides is 1. The summed E-state index contributed by atoms with van der Waals surface area (Å²) in [7, 11) is 0. The molecule has 8 heteroatoms. The van der Waals surface area contributed by atoms with E-state index in [1.165, 1.54) is 19.3 Å². The number of carbonyl (C=O) groups is 1. The first-order chi connectivity index (χ1) is 17.4. The van der Waals surface area contributed by atoms with Crippen molar-refractivity contribution in [3.05, 3.63) is 41.3 Å². The highest BCUT2D eigenvalue weighted by atomic mass is 16.5. The zero-order chi connectivity index (χ0) is 25.7. The number of aryl methyl sites for hydroxylation is 2. The van der Waals surface area contributed by atoms with Crippen LogP contribution in [0.2, 0.25) is 0 Å². The van der Waals surface area contributed by atoms with Crippen LogP contribution in [0, 0.1) is 13.8 Å². The molecule has 1 saturated heterocycles. The molecule has 36 heavy (non-hydrogen) atoms. The first kappa shape index (κ1) is 25.9. The summed E-state index contributed by atoms with van der Waals surface area (Å²) < 4.78 is 13.3. The summed E-state index contributed by atoms with van der Waals surface area (Å²) in [6, 6.07) is 6.53. The third kappa shape index (κ3) is 5.48. The molecule has 0 saturated carbocycles. The summed E-state index contributed by atoms with van der Waals surface area (Å²) in [6.07, 6.45) is 6.47. The molecule has 1 amide bonds. The smallest absolute Gasteiger partial charge is 0.254 e. The lowest BCUT2D eigenvalue weighted by Crippen LogP contribution is -2.39. The number of likely N-dealkylation sites (tertiary alicyclic amines) is 1. The maximum absolute atomic E-state index is 13.0. The molecule has 2 aromatic heterocycles. The quantitative estimate of drug-likeness (QED) is 0.409. The number of carbonyl (C=O) groups excluding carboxylic acids is 1. The van der Waals surface area contributed by atoms with Crippen LogP contribution in [0.1, 0.15) is 68.2 Å². The fraction of sp³-hybridized carbons (Fsp3) is 0.536. The molecule has 0 bridgehead atoms. The highest BCUT2D eigenvalue weighted by molar-refractivity contribution is 5.95. The topological polar surface area (TPSA) is 81.0 Å². The van der Waals surface area contributed by atoms with E-state index in [1.54, 1.807) is 10.7 Å². The molecule has 1 fully saturated rings. The minimum atomic E-state index is -0.108. The van der Waals surface area contributed by atoms with Crippen LogP contribution >= 0.6 is 0 Å². The predicted octanol–water partition coefficient (Wildman–Crippen LogP) is 4.80. The van der Waals surface area contributed by atoms with Gasteiger partial charge >= 0.3 is 0 Å². The molecule has 3 aromatic rings. The lowest BCUT2D eigenvalue weighted by atomic mass is 10.0. The molecule has 0 spiro atoms. The summed E-state index contributed by atoms with van der Waals surface area (Å²) in [5, 5.41) is 7.80. The van der Waals surface area contributed by atoms with Crippen molar-refractivity contribution in [2.24, 2.45) is 0 Å². The van der Waals surface area contributed by atoms with Crippen molar-refractivity contribution in [3.63, 3.8) is 0 Å². The molecule has 1 aliphatic heterocycles. The predicted molar refractivity (Wildman–Crippen MR) is 142 cm³/mol. The summed E-state index contributed by atoms with van der Waals surface area (Å²) in [5.41, 5.74) is 4.74. The van der Waals surface area contributed by atoms with Crippen LogP contribution in [0.25, 0.3) is 16.8 Å². The molecule has 4 rings (SSSR count). The second-order valence-electron chi connectivity index (χ2n) is 9.47. The molecule has 1 N–H and O–H groups in total. The number of hydrogen-bond donors (Lipinski definition) is 1. The van der Waals surface area contributed by atoms with Crippen LogP contribution in [0.15, 0.2) is 24.4 Å². The Morgan fingerprint density at radius 2 is 1.92 bits per heavy atom. The van der Waals surface area contributed by atoms with Gasteiger partial charge in [0.1, 0.15) is 0 Å². The van der Waals surface area contributed by atoms with Crippen LogP contribution in [-0.4, -0.2) is 64.3 Å². The SMILES string of the molecule is CCOc1ccc(-c2c(C)nn3c(C)c(C(=O)NCCCN4CCCC[C@H]4C)cnc23)cc1OCC. The highest BCUT2D eigenvalue weighted by Crippen LogP contribution is 2.36. The number of fused-ring (bicyclic) bond motifs is 1. The van der Waals surface area contributed by atoms with Gasteiger partial charge in [-0.3, -0.25) is 4.79 Å². The Balaban J connectivity index is 1.51. The van der Waals surface area contributed by atoms with Crippen molar-refractivity contribution >= 4 is 11.6 Å². The maximum atomic E-state index is 13.0. The third-order valence-electron chi connectivity index (χ3n) is 6.98. The van der Waals surface area contributed by atoms with Crippen LogP contribution in [-0.2, 0) is 0 Å². The van der Waals surface area contributed by atoms with Gasteiger partial charge in [-0.05, 0) is 78.1 Å². The number of rotatable bonds is 10. The zero-order valence-electron chi connectivity index (χ0n) is 22.3. The number of nitrogens with one attached hydrogen (secondary N) is 1. The molecule has 8 nitrogen and oxygen atoms in total. The van der Waals surface area contributed by atoms with Crippen molar-refractivity contribution in [1.29, 1.82) is 0 Å². The van der Waals surface area contributed by atoms with E-state index < -0.39 is 0 Å². The number of nitrogens with zero attached hydrogens (tertiary/aromatic N) is 4. The Kier molecular flexibility index (Phi) is 8.46. The average Bonchev–Trinajstić information content (AvgIpc) is 3.21. The van der Waals surface area contributed by atoms with E-state index in [0.29, 0.717) is 42.8 Å². The largest absolute Gasteiger partial charge is 0.490 e. The van der Waals surface area contributed by atoms with E-state index in [2.05, 4.69) is 22.1 Å². The minimum absolute atomic E-state index is 0.108. The molecule has 1 aliphatic rings. The number of piperidine rings is 1. The molecule has 0 unspecified atom stereocenters. The van der Waals surface area contributed by atoms with Crippen LogP contribution in [0.4, 0.5) is 0 Å². The highest BCUT2D eigenvalue weighted by Gasteiger charge is 2.21. The summed E-state index contributed by atoms with van der Waals surface area (Å²) in [4.78, 5) is 20.2. The van der Waals surface area contributed by atoms with Crippen LogP contribution in [0.5, 0.6) is 11.5 Å². The van der Waals surface area contributed by atoms with E-state index in [1.807, 2.05) is 45.9 Å². The fourth-order valence-corrected chi connectivity index (χ4v) is 5.04. The van der Waals surface area contributed by atoms with Crippen molar-refractivity contribution in [1.82, 2.24) is 24.8 Å². The lowest BCUT2D eigenvalue weighted by Gasteiger charge is -2.33. The van der Waals surface area contributed by atoms with Gasteiger partial charge in [-0.25, -0.2) is 9.50 Å². The van der Waals surface area contributed by atoms with Gasteiger partial charge in [0.15, 0.2) is 17.1 Å². The number of hydrogen-bond acceptors (Lipinski definition) is 6.